The fourth-order valence-electron chi connectivity index (χ4n) is 2.72. The summed E-state index contributed by atoms with van der Waals surface area (Å²) >= 11 is 0. The molecule has 1 fully saturated rings. The predicted molar refractivity (Wildman–Crippen MR) is 86.6 cm³/mol. The average Bonchev–Trinajstić information content (AvgIpc) is 2.53. The molecule has 120 valence electrons. The molecule has 1 unspecified atom stereocenters. The van der Waals surface area contributed by atoms with Crippen LogP contribution in [0.5, 0.6) is 0 Å². The normalized spacial score (nSPS) is 18.0. The molecular weight excluding hydrogens is 278 g/mol. The largest absolute Gasteiger partial charge is 0.347 e. The van der Waals surface area contributed by atoms with Gasteiger partial charge in [-0.3, -0.25) is 4.79 Å². The third-order valence-corrected chi connectivity index (χ3v) is 4.12. The molecule has 1 aliphatic rings. The standard InChI is InChI=1S/C17H25N3O2/c1-13-7-9-14(10-8-13)15-6-4-5-11-20(15)17(22)18-12-16(21)19(2)3/h7-10,15H,4-6,11-12H2,1-3H3,(H,18,22). The molecule has 1 heterocycles. The maximum Gasteiger partial charge on any atom is 0.318 e. The van der Waals surface area contributed by atoms with Crippen LogP contribution in [0.25, 0.3) is 0 Å². The Morgan fingerprint density at radius 3 is 2.55 bits per heavy atom. The van der Waals surface area contributed by atoms with Gasteiger partial charge in [-0.25, -0.2) is 4.79 Å². The first-order valence-electron chi connectivity index (χ1n) is 7.80. The maximum absolute atomic E-state index is 12.4. The summed E-state index contributed by atoms with van der Waals surface area (Å²) in [6.07, 6.45) is 3.11. The summed E-state index contributed by atoms with van der Waals surface area (Å²) in [6.45, 7) is 2.84. The van der Waals surface area contributed by atoms with Crippen LogP contribution in [0.4, 0.5) is 4.79 Å². The summed E-state index contributed by atoms with van der Waals surface area (Å²) in [6, 6.07) is 8.29. The number of amides is 3. The minimum Gasteiger partial charge on any atom is -0.347 e. The number of rotatable bonds is 3. The van der Waals surface area contributed by atoms with Gasteiger partial charge in [0.05, 0.1) is 12.6 Å². The Balaban J connectivity index is 2.04. The number of hydrogen-bond donors (Lipinski definition) is 1. The summed E-state index contributed by atoms with van der Waals surface area (Å²) in [5, 5.41) is 2.74. The van der Waals surface area contributed by atoms with E-state index in [1.165, 1.54) is 16.0 Å². The van der Waals surface area contributed by atoms with E-state index in [-0.39, 0.29) is 24.5 Å². The second-order valence-corrected chi connectivity index (χ2v) is 6.06. The monoisotopic (exact) mass is 303 g/mol. The van der Waals surface area contributed by atoms with Gasteiger partial charge in [0.2, 0.25) is 5.91 Å². The quantitative estimate of drug-likeness (QED) is 0.931. The first kappa shape index (κ1) is 16.3. The van der Waals surface area contributed by atoms with E-state index in [2.05, 4.69) is 36.5 Å². The van der Waals surface area contributed by atoms with Crippen molar-refractivity contribution in [2.45, 2.75) is 32.2 Å². The molecule has 3 amide bonds. The third-order valence-electron chi connectivity index (χ3n) is 4.12. The van der Waals surface area contributed by atoms with Crippen molar-refractivity contribution in [3.8, 4) is 0 Å². The highest BCUT2D eigenvalue weighted by Gasteiger charge is 2.28. The summed E-state index contributed by atoms with van der Waals surface area (Å²) < 4.78 is 0. The van der Waals surface area contributed by atoms with Gasteiger partial charge in [-0.15, -0.1) is 0 Å². The van der Waals surface area contributed by atoms with Gasteiger partial charge >= 0.3 is 6.03 Å². The molecule has 1 aromatic rings. The van der Waals surface area contributed by atoms with Crippen LogP contribution in [-0.2, 0) is 4.79 Å². The molecule has 0 radical (unpaired) electrons. The van der Waals surface area contributed by atoms with Crippen molar-refractivity contribution in [3.05, 3.63) is 35.4 Å². The lowest BCUT2D eigenvalue weighted by molar-refractivity contribution is -0.127. The van der Waals surface area contributed by atoms with Gasteiger partial charge in [0.15, 0.2) is 0 Å². The Morgan fingerprint density at radius 2 is 1.91 bits per heavy atom. The summed E-state index contributed by atoms with van der Waals surface area (Å²) in [4.78, 5) is 27.4. The number of aryl methyl sites for hydroxylation is 1. The number of nitrogens with one attached hydrogen (secondary N) is 1. The number of hydrogen-bond acceptors (Lipinski definition) is 2. The van der Waals surface area contributed by atoms with Crippen molar-refractivity contribution in [2.75, 3.05) is 27.2 Å². The molecule has 1 saturated heterocycles. The van der Waals surface area contributed by atoms with Gasteiger partial charge in [-0.2, -0.15) is 0 Å². The Morgan fingerprint density at radius 1 is 1.23 bits per heavy atom. The van der Waals surface area contributed by atoms with Gasteiger partial charge in [0.25, 0.3) is 0 Å². The zero-order valence-corrected chi connectivity index (χ0v) is 13.6. The predicted octanol–water partition coefficient (Wildman–Crippen LogP) is 2.32. The van der Waals surface area contributed by atoms with Crippen molar-refractivity contribution in [3.63, 3.8) is 0 Å². The molecular formula is C17H25N3O2. The molecule has 1 N–H and O–H groups in total. The number of piperidine rings is 1. The summed E-state index contributed by atoms with van der Waals surface area (Å²) in [5.74, 6) is -0.0998. The molecule has 2 rings (SSSR count). The molecule has 0 spiro atoms. The topological polar surface area (TPSA) is 52.7 Å². The number of likely N-dealkylation sites (N-methyl/N-ethyl adjacent to an activating group) is 1. The van der Waals surface area contributed by atoms with Crippen molar-refractivity contribution < 1.29 is 9.59 Å². The molecule has 0 aromatic heterocycles. The van der Waals surface area contributed by atoms with Crippen LogP contribution >= 0.6 is 0 Å². The Bertz CT molecular complexity index is 525. The number of carbonyl (C=O) groups excluding carboxylic acids is 2. The first-order valence-corrected chi connectivity index (χ1v) is 7.80. The van der Waals surface area contributed by atoms with Crippen LogP contribution in [0.3, 0.4) is 0 Å². The van der Waals surface area contributed by atoms with Crippen molar-refractivity contribution >= 4 is 11.9 Å². The van der Waals surface area contributed by atoms with E-state index in [4.69, 9.17) is 0 Å². The van der Waals surface area contributed by atoms with Gasteiger partial charge in [0.1, 0.15) is 0 Å². The van der Waals surface area contributed by atoms with Gasteiger partial charge in [-0.05, 0) is 31.7 Å². The molecule has 1 aromatic carbocycles. The number of likely N-dealkylation sites (tertiary alicyclic amines) is 1. The highest BCUT2D eigenvalue weighted by atomic mass is 16.2. The van der Waals surface area contributed by atoms with Gasteiger partial charge in [0, 0.05) is 20.6 Å². The smallest absolute Gasteiger partial charge is 0.318 e. The lowest BCUT2D eigenvalue weighted by atomic mass is 9.95. The number of nitrogens with zero attached hydrogens (tertiary/aromatic N) is 2. The molecule has 1 aliphatic heterocycles. The van der Waals surface area contributed by atoms with E-state index in [1.807, 2.05) is 4.90 Å². The van der Waals surface area contributed by atoms with Crippen LogP contribution in [-0.4, -0.2) is 48.9 Å². The van der Waals surface area contributed by atoms with Gasteiger partial charge < -0.3 is 15.1 Å². The minimum absolute atomic E-state index is 0.0446. The average molecular weight is 303 g/mol. The highest BCUT2D eigenvalue weighted by Crippen LogP contribution is 2.30. The van der Waals surface area contributed by atoms with Crippen molar-refractivity contribution in [1.82, 2.24) is 15.1 Å². The first-order chi connectivity index (χ1) is 10.5. The lowest BCUT2D eigenvalue weighted by Gasteiger charge is -2.36. The molecule has 0 bridgehead atoms. The van der Waals surface area contributed by atoms with E-state index >= 15 is 0 Å². The number of benzene rings is 1. The summed E-state index contributed by atoms with van der Waals surface area (Å²) in [7, 11) is 3.37. The zero-order chi connectivity index (χ0) is 16.1. The van der Waals surface area contributed by atoms with E-state index < -0.39 is 0 Å². The molecule has 22 heavy (non-hydrogen) atoms. The molecule has 5 heteroatoms. The molecule has 0 saturated carbocycles. The third kappa shape index (κ3) is 4.00. The van der Waals surface area contributed by atoms with Crippen LogP contribution in [0, 0.1) is 6.92 Å². The van der Waals surface area contributed by atoms with Crippen LogP contribution < -0.4 is 5.32 Å². The van der Waals surface area contributed by atoms with Crippen LogP contribution in [0.1, 0.15) is 36.4 Å². The molecule has 5 nitrogen and oxygen atoms in total. The van der Waals surface area contributed by atoms with E-state index in [0.717, 1.165) is 25.8 Å². The van der Waals surface area contributed by atoms with Crippen molar-refractivity contribution in [2.24, 2.45) is 0 Å². The Hall–Kier alpha value is -2.04. The molecule has 0 aliphatic carbocycles. The second kappa shape index (κ2) is 7.29. The van der Waals surface area contributed by atoms with E-state index in [1.54, 1.807) is 14.1 Å². The zero-order valence-electron chi connectivity index (χ0n) is 13.6. The van der Waals surface area contributed by atoms with Crippen molar-refractivity contribution in [1.29, 1.82) is 0 Å². The van der Waals surface area contributed by atoms with E-state index in [0.29, 0.717) is 0 Å². The SMILES string of the molecule is Cc1ccc(C2CCCCN2C(=O)NCC(=O)N(C)C)cc1. The molecule has 1 atom stereocenters. The fourth-order valence-corrected chi connectivity index (χ4v) is 2.72. The minimum atomic E-state index is -0.152. The number of carbonyl (C=O) groups is 2. The summed E-state index contributed by atoms with van der Waals surface area (Å²) in [5.41, 5.74) is 2.38. The second-order valence-electron chi connectivity index (χ2n) is 6.06. The van der Waals surface area contributed by atoms with Crippen LogP contribution in [0.15, 0.2) is 24.3 Å². The van der Waals surface area contributed by atoms with Crippen LogP contribution in [0.2, 0.25) is 0 Å². The lowest BCUT2D eigenvalue weighted by Crippen LogP contribution is -2.47. The van der Waals surface area contributed by atoms with Gasteiger partial charge in [-0.1, -0.05) is 29.8 Å². The Labute approximate surface area is 132 Å². The fraction of sp³-hybridized carbons (Fsp3) is 0.529. The van der Waals surface area contributed by atoms with E-state index in [9.17, 15) is 9.59 Å². The highest BCUT2D eigenvalue weighted by molar-refractivity contribution is 5.83. The Kier molecular flexibility index (Phi) is 5.41. The number of urea groups is 1. The maximum atomic E-state index is 12.4.